The highest BCUT2D eigenvalue weighted by atomic mass is 32.2. The van der Waals surface area contributed by atoms with E-state index in [-0.39, 0.29) is 30.1 Å². The minimum Gasteiger partial charge on any atom is -0.497 e. The van der Waals surface area contributed by atoms with Crippen molar-refractivity contribution in [2.45, 2.75) is 37.4 Å². The SMILES string of the molecule is COc1cccc(-c2ccc3c(c2)O[C@@H](CN(C)Cc2ccncc2)[C@@H](C)CN([C@H](C)CO)S3(=O)=O)c1. The van der Waals surface area contributed by atoms with Crippen molar-refractivity contribution in [2.24, 2.45) is 5.92 Å². The number of pyridine rings is 1. The smallest absolute Gasteiger partial charge is 0.247 e. The molecule has 4 rings (SSSR count). The second-order valence-electron chi connectivity index (χ2n) is 9.69. The first-order chi connectivity index (χ1) is 17.7. The van der Waals surface area contributed by atoms with Crippen LogP contribution in [0.5, 0.6) is 11.5 Å². The van der Waals surface area contributed by atoms with Gasteiger partial charge in [-0.1, -0.05) is 25.1 Å². The number of rotatable bonds is 8. The summed E-state index contributed by atoms with van der Waals surface area (Å²) in [6.07, 6.45) is 3.26. The lowest BCUT2D eigenvalue weighted by molar-refractivity contribution is 0.0734. The van der Waals surface area contributed by atoms with Crippen molar-refractivity contribution in [3.8, 4) is 22.6 Å². The van der Waals surface area contributed by atoms with E-state index in [0.717, 1.165) is 16.7 Å². The molecule has 3 atom stereocenters. The Morgan fingerprint density at radius 2 is 1.89 bits per heavy atom. The van der Waals surface area contributed by atoms with Gasteiger partial charge < -0.3 is 14.6 Å². The molecule has 1 N–H and O–H groups in total. The van der Waals surface area contributed by atoms with E-state index in [0.29, 0.717) is 24.6 Å². The van der Waals surface area contributed by atoms with Crippen LogP contribution in [0.2, 0.25) is 0 Å². The van der Waals surface area contributed by atoms with Gasteiger partial charge in [0.15, 0.2) is 0 Å². The summed E-state index contributed by atoms with van der Waals surface area (Å²) in [6, 6.07) is 16.2. The van der Waals surface area contributed by atoms with Gasteiger partial charge in [0.1, 0.15) is 22.5 Å². The number of likely N-dealkylation sites (N-methyl/N-ethyl adjacent to an activating group) is 1. The zero-order chi connectivity index (χ0) is 26.6. The van der Waals surface area contributed by atoms with E-state index < -0.39 is 16.1 Å². The summed E-state index contributed by atoms with van der Waals surface area (Å²) < 4.78 is 40.8. The topological polar surface area (TPSA) is 92.2 Å². The maximum Gasteiger partial charge on any atom is 0.247 e. The van der Waals surface area contributed by atoms with Crippen molar-refractivity contribution in [2.75, 3.05) is 33.9 Å². The lowest BCUT2D eigenvalue weighted by Gasteiger charge is -2.37. The first-order valence-corrected chi connectivity index (χ1v) is 13.8. The van der Waals surface area contributed by atoms with Crippen molar-refractivity contribution in [1.82, 2.24) is 14.2 Å². The summed E-state index contributed by atoms with van der Waals surface area (Å²) in [5, 5.41) is 9.87. The molecule has 9 heteroatoms. The summed E-state index contributed by atoms with van der Waals surface area (Å²) in [7, 11) is -0.263. The normalized spacial score (nSPS) is 20.4. The molecular formula is C28H35N3O5S. The van der Waals surface area contributed by atoms with Crippen molar-refractivity contribution < 1.29 is 23.0 Å². The Hall–Kier alpha value is -2.98. The molecule has 0 saturated heterocycles. The summed E-state index contributed by atoms with van der Waals surface area (Å²) in [5.41, 5.74) is 2.85. The Balaban J connectivity index is 1.73. The van der Waals surface area contributed by atoms with Gasteiger partial charge in [-0.2, -0.15) is 4.31 Å². The molecule has 8 nitrogen and oxygen atoms in total. The lowest BCUT2D eigenvalue weighted by atomic mass is 10.0. The molecule has 0 spiro atoms. The van der Waals surface area contributed by atoms with Crippen LogP contribution in [0.1, 0.15) is 19.4 Å². The Morgan fingerprint density at radius 1 is 1.16 bits per heavy atom. The van der Waals surface area contributed by atoms with Crippen LogP contribution in [0.25, 0.3) is 11.1 Å². The van der Waals surface area contributed by atoms with Gasteiger partial charge in [-0.05, 0) is 67.1 Å². The standard InChI is InChI=1S/C28H35N3O5S/c1-20-16-31(21(2)19-32)37(33,34)28-9-8-24(23-6-5-7-25(14-23)35-4)15-26(28)36-27(20)18-30(3)17-22-10-12-29-13-11-22/h5-15,20-21,27,32H,16-19H2,1-4H3/t20-,21+,27-/m0/s1. The number of benzene rings is 2. The first kappa shape index (κ1) is 27.1. The number of aromatic nitrogens is 1. The number of sulfonamides is 1. The van der Waals surface area contributed by atoms with Gasteiger partial charge in [-0.15, -0.1) is 0 Å². The van der Waals surface area contributed by atoms with Gasteiger partial charge in [-0.3, -0.25) is 9.88 Å². The van der Waals surface area contributed by atoms with Gasteiger partial charge in [0.05, 0.1) is 13.7 Å². The second kappa shape index (κ2) is 11.6. The Bertz CT molecular complexity index is 1300. The average molecular weight is 526 g/mol. The van der Waals surface area contributed by atoms with E-state index in [1.807, 2.05) is 50.4 Å². The van der Waals surface area contributed by atoms with E-state index in [1.54, 1.807) is 44.6 Å². The van der Waals surface area contributed by atoms with E-state index in [9.17, 15) is 13.5 Å². The first-order valence-electron chi connectivity index (χ1n) is 12.4. The number of aliphatic hydroxyl groups is 1. The van der Waals surface area contributed by atoms with Gasteiger partial charge in [0.2, 0.25) is 10.0 Å². The molecule has 2 aromatic carbocycles. The van der Waals surface area contributed by atoms with Crippen LogP contribution in [-0.4, -0.2) is 73.7 Å². The zero-order valence-electron chi connectivity index (χ0n) is 21.7. The van der Waals surface area contributed by atoms with Crippen LogP contribution in [-0.2, 0) is 16.6 Å². The summed E-state index contributed by atoms with van der Waals surface area (Å²) >= 11 is 0. The Labute approximate surface area is 219 Å². The minimum atomic E-state index is -3.90. The summed E-state index contributed by atoms with van der Waals surface area (Å²) in [6.45, 7) is 5.00. The Morgan fingerprint density at radius 3 is 2.59 bits per heavy atom. The molecule has 0 unspecified atom stereocenters. The van der Waals surface area contributed by atoms with Crippen LogP contribution in [0.15, 0.2) is 71.9 Å². The van der Waals surface area contributed by atoms with Crippen LogP contribution < -0.4 is 9.47 Å². The minimum absolute atomic E-state index is 0.105. The number of fused-ring (bicyclic) bond motifs is 1. The summed E-state index contributed by atoms with van der Waals surface area (Å²) in [4.78, 5) is 6.35. The fourth-order valence-corrected chi connectivity index (χ4v) is 6.42. The number of aliphatic hydroxyl groups excluding tert-OH is 1. The van der Waals surface area contributed by atoms with Gasteiger partial charge in [-0.25, -0.2) is 8.42 Å². The van der Waals surface area contributed by atoms with E-state index in [1.165, 1.54) is 4.31 Å². The molecule has 0 aliphatic carbocycles. The quantitative estimate of drug-likeness (QED) is 0.480. The maximum atomic E-state index is 13.7. The lowest BCUT2D eigenvalue weighted by Crippen LogP contribution is -2.49. The molecule has 1 aromatic heterocycles. The predicted octanol–water partition coefficient (Wildman–Crippen LogP) is 3.66. The third-order valence-electron chi connectivity index (χ3n) is 6.76. The third-order valence-corrected chi connectivity index (χ3v) is 8.78. The molecular weight excluding hydrogens is 490 g/mol. The van der Waals surface area contributed by atoms with Gasteiger partial charge in [0.25, 0.3) is 0 Å². The monoisotopic (exact) mass is 525 g/mol. The van der Waals surface area contributed by atoms with E-state index >= 15 is 0 Å². The van der Waals surface area contributed by atoms with Crippen molar-refractivity contribution in [3.63, 3.8) is 0 Å². The van der Waals surface area contributed by atoms with Gasteiger partial charge in [0, 0.05) is 44.0 Å². The van der Waals surface area contributed by atoms with Crippen LogP contribution in [0.4, 0.5) is 0 Å². The molecule has 1 aliphatic rings. The zero-order valence-corrected chi connectivity index (χ0v) is 22.6. The average Bonchev–Trinajstić information content (AvgIpc) is 2.90. The molecule has 0 fully saturated rings. The molecule has 0 radical (unpaired) electrons. The summed E-state index contributed by atoms with van der Waals surface area (Å²) in [5.74, 6) is 0.895. The molecule has 198 valence electrons. The number of hydrogen-bond donors (Lipinski definition) is 1. The van der Waals surface area contributed by atoms with Crippen LogP contribution in [0, 0.1) is 5.92 Å². The number of methoxy groups -OCH3 is 1. The highest BCUT2D eigenvalue weighted by Crippen LogP contribution is 2.37. The fourth-order valence-electron chi connectivity index (χ4n) is 4.60. The molecule has 3 aromatic rings. The van der Waals surface area contributed by atoms with Gasteiger partial charge >= 0.3 is 0 Å². The van der Waals surface area contributed by atoms with Crippen molar-refractivity contribution in [1.29, 1.82) is 0 Å². The fraction of sp³-hybridized carbons (Fsp3) is 0.393. The molecule has 1 aliphatic heterocycles. The highest BCUT2D eigenvalue weighted by Gasteiger charge is 2.38. The van der Waals surface area contributed by atoms with Crippen molar-refractivity contribution in [3.05, 3.63) is 72.6 Å². The molecule has 0 saturated carbocycles. The maximum absolute atomic E-state index is 13.7. The van der Waals surface area contributed by atoms with Crippen molar-refractivity contribution >= 4 is 10.0 Å². The number of hydrogen-bond acceptors (Lipinski definition) is 7. The van der Waals surface area contributed by atoms with Crippen LogP contribution in [0.3, 0.4) is 0 Å². The van der Waals surface area contributed by atoms with Crippen LogP contribution >= 0.6 is 0 Å². The Kier molecular flexibility index (Phi) is 8.49. The van der Waals surface area contributed by atoms with E-state index in [2.05, 4.69) is 9.88 Å². The molecule has 2 heterocycles. The number of nitrogens with zero attached hydrogens (tertiary/aromatic N) is 3. The molecule has 0 bridgehead atoms. The highest BCUT2D eigenvalue weighted by molar-refractivity contribution is 7.89. The number of ether oxygens (including phenoxy) is 2. The van der Waals surface area contributed by atoms with E-state index in [4.69, 9.17) is 9.47 Å². The molecule has 0 amide bonds. The molecule has 37 heavy (non-hydrogen) atoms. The predicted molar refractivity (Wildman–Crippen MR) is 143 cm³/mol. The second-order valence-corrected chi connectivity index (χ2v) is 11.5. The third kappa shape index (κ3) is 6.13. The largest absolute Gasteiger partial charge is 0.497 e.